The molecular formula is C31H33N3O5. The molecule has 1 saturated heterocycles. The number of fused-ring (bicyclic) bond motifs is 1. The number of aliphatic carboxylic acids is 1. The van der Waals surface area contributed by atoms with Crippen molar-refractivity contribution in [3.8, 4) is 16.9 Å². The number of anilines is 1. The molecule has 202 valence electrons. The molecule has 0 spiro atoms. The first-order valence-electron chi connectivity index (χ1n) is 13.4. The monoisotopic (exact) mass is 527 g/mol. The van der Waals surface area contributed by atoms with Gasteiger partial charge in [0.2, 0.25) is 0 Å². The average Bonchev–Trinajstić information content (AvgIpc) is 2.91. The Labute approximate surface area is 227 Å². The lowest BCUT2D eigenvalue weighted by Gasteiger charge is -2.30. The van der Waals surface area contributed by atoms with Crippen molar-refractivity contribution in [3.05, 3.63) is 59.3 Å². The van der Waals surface area contributed by atoms with Crippen LogP contribution < -0.4 is 9.64 Å². The number of morpholine rings is 1. The SMILES string of the molecule is Cc1cc2nc(N3CCOCC3)ccc2c(-c2ccc3c4c(ccnc24)CCO3)c1[C@H](OC(C)(C)C)C(=O)O. The summed E-state index contributed by atoms with van der Waals surface area (Å²) in [6.45, 7) is 11.1. The van der Waals surface area contributed by atoms with Crippen LogP contribution in [0.4, 0.5) is 5.82 Å². The molecule has 2 aliphatic heterocycles. The zero-order valence-corrected chi connectivity index (χ0v) is 22.8. The van der Waals surface area contributed by atoms with Crippen LogP contribution in [0.5, 0.6) is 5.75 Å². The zero-order chi connectivity index (χ0) is 27.3. The lowest BCUT2D eigenvalue weighted by Crippen LogP contribution is -2.36. The summed E-state index contributed by atoms with van der Waals surface area (Å²) in [5, 5.41) is 12.3. The maximum atomic E-state index is 12.7. The zero-order valence-electron chi connectivity index (χ0n) is 22.8. The second-order valence-electron chi connectivity index (χ2n) is 11.2. The summed E-state index contributed by atoms with van der Waals surface area (Å²) < 4.78 is 17.7. The van der Waals surface area contributed by atoms with E-state index in [2.05, 4.69) is 4.90 Å². The van der Waals surface area contributed by atoms with Crippen molar-refractivity contribution < 1.29 is 24.1 Å². The molecular weight excluding hydrogens is 494 g/mol. The van der Waals surface area contributed by atoms with E-state index in [4.69, 9.17) is 24.2 Å². The van der Waals surface area contributed by atoms with E-state index in [1.54, 1.807) is 0 Å². The third kappa shape index (κ3) is 4.68. The van der Waals surface area contributed by atoms with Gasteiger partial charge in [-0.15, -0.1) is 0 Å². The van der Waals surface area contributed by atoms with Gasteiger partial charge in [-0.3, -0.25) is 4.98 Å². The number of benzene rings is 2. The van der Waals surface area contributed by atoms with Crippen molar-refractivity contribution >= 4 is 33.6 Å². The minimum absolute atomic E-state index is 0.616. The lowest BCUT2D eigenvalue weighted by atomic mass is 9.86. The number of nitrogens with zero attached hydrogens (tertiary/aromatic N) is 3. The predicted octanol–water partition coefficient (Wildman–Crippen LogP) is 5.47. The third-order valence-electron chi connectivity index (χ3n) is 7.36. The Balaban J connectivity index is 1.66. The molecule has 0 radical (unpaired) electrons. The van der Waals surface area contributed by atoms with Crippen LogP contribution in [0.25, 0.3) is 32.9 Å². The molecule has 0 amide bonds. The summed E-state index contributed by atoms with van der Waals surface area (Å²) in [7, 11) is 0. The summed E-state index contributed by atoms with van der Waals surface area (Å²) in [5.41, 5.74) is 5.13. The highest BCUT2D eigenvalue weighted by Gasteiger charge is 2.33. The van der Waals surface area contributed by atoms with Gasteiger partial charge in [-0.1, -0.05) is 0 Å². The molecule has 1 fully saturated rings. The normalized spacial score (nSPS) is 16.4. The third-order valence-corrected chi connectivity index (χ3v) is 7.36. The Bertz CT molecular complexity index is 1580. The number of aryl methyl sites for hydroxylation is 1. The van der Waals surface area contributed by atoms with E-state index in [9.17, 15) is 9.90 Å². The highest BCUT2D eigenvalue weighted by atomic mass is 16.5. The fraction of sp³-hybridized carbons (Fsp3) is 0.387. The first-order valence-corrected chi connectivity index (χ1v) is 13.4. The van der Waals surface area contributed by atoms with E-state index in [-0.39, 0.29) is 0 Å². The molecule has 0 unspecified atom stereocenters. The number of carboxylic acid groups (broad SMARTS) is 1. The molecule has 2 aromatic heterocycles. The van der Waals surface area contributed by atoms with Gasteiger partial charge in [0.1, 0.15) is 11.6 Å². The quantitative estimate of drug-likeness (QED) is 0.365. The van der Waals surface area contributed by atoms with E-state index in [1.807, 2.05) is 70.3 Å². The van der Waals surface area contributed by atoms with Gasteiger partial charge in [0.15, 0.2) is 6.10 Å². The summed E-state index contributed by atoms with van der Waals surface area (Å²) in [6.07, 6.45) is 1.44. The number of ether oxygens (including phenoxy) is 3. The highest BCUT2D eigenvalue weighted by molar-refractivity contribution is 6.08. The standard InChI is InChI=1S/C31H33N3O5/c1-18-17-22-20(6-8-24(33-22)34-12-15-37-16-13-34)27(25(18)29(30(35)36)39-31(2,3)4)21-5-7-23-26-19(10-14-38-23)9-11-32-28(21)26/h5-9,11,17,29H,10,12-16H2,1-4H3,(H,35,36)/t29-/m0/s1. The maximum absolute atomic E-state index is 12.7. The number of rotatable bonds is 5. The van der Waals surface area contributed by atoms with Gasteiger partial charge in [0.25, 0.3) is 0 Å². The Morgan fingerprint density at radius 1 is 1.10 bits per heavy atom. The van der Waals surface area contributed by atoms with E-state index >= 15 is 0 Å². The van der Waals surface area contributed by atoms with Gasteiger partial charge in [-0.2, -0.15) is 0 Å². The highest BCUT2D eigenvalue weighted by Crippen LogP contribution is 2.45. The fourth-order valence-corrected chi connectivity index (χ4v) is 5.70. The largest absolute Gasteiger partial charge is 0.493 e. The molecule has 1 N–H and O–H groups in total. The van der Waals surface area contributed by atoms with Gasteiger partial charge in [0.05, 0.1) is 36.5 Å². The minimum atomic E-state index is -1.18. The number of aromatic nitrogens is 2. The Morgan fingerprint density at radius 3 is 2.64 bits per heavy atom. The molecule has 6 rings (SSSR count). The second kappa shape index (κ2) is 9.77. The van der Waals surface area contributed by atoms with E-state index in [1.165, 1.54) is 5.56 Å². The minimum Gasteiger partial charge on any atom is -0.493 e. The molecule has 1 atom stereocenters. The molecule has 0 bridgehead atoms. The molecule has 2 aromatic carbocycles. The number of pyridine rings is 2. The van der Waals surface area contributed by atoms with Crippen LogP contribution in [0.15, 0.2) is 42.6 Å². The van der Waals surface area contributed by atoms with Gasteiger partial charge in [-0.25, -0.2) is 9.78 Å². The van der Waals surface area contributed by atoms with E-state index < -0.39 is 17.7 Å². The Morgan fingerprint density at radius 2 is 1.90 bits per heavy atom. The van der Waals surface area contributed by atoms with Crippen molar-refractivity contribution in [1.82, 2.24) is 9.97 Å². The van der Waals surface area contributed by atoms with Crippen LogP contribution in [0.1, 0.15) is 43.6 Å². The number of hydrogen-bond acceptors (Lipinski definition) is 7. The Hall–Kier alpha value is -3.75. The van der Waals surface area contributed by atoms with Crippen LogP contribution >= 0.6 is 0 Å². The maximum Gasteiger partial charge on any atom is 0.337 e. The van der Waals surface area contributed by atoms with Crippen LogP contribution in [-0.4, -0.2) is 59.6 Å². The first kappa shape index (κ1) is 25.5. The van der Waals surface area contributed by atoms with Crippen molar-refractivity contribution in [2.75, 3.05) is 37.8 Å². The van der Waals surface area contributed by atoms with Crippen LogP contribution in [0.2, 0.25) is 0 Å². The summed E-state index contributed by atoms with van der Waals surface area (Å²) in [4.78, 5) is 24.8. The van der Waals surface area contributed by atoms with Gasteiger partial charge < -0.3 is 24.2 Å². The van der Waals surface area contributed by atoms with Gasteiger partial charge in [-0.05, 0) is 80.8 Å². The van der Waals surface area contributed by atoms with Gasteiger partial charge >= 0.3 is 5.97 Å². The summed E-state index contributed by atoms with van der Waals surface area (Å²) in [6, 6.07) is 12.0. The van der Waals surface area contributed by atoms with Crippen LogP contribution in [0.3, 0.4) is 0 Å². The molecule has 4 aromatic rings. The van der Waals surface area contributed by atoms with E-state index in [0.717, 1.165) is 69.6 Å². The van der Waals surface area contributed by atoms with Crippen LogP contribution in [-0.2, 0) is 20.7 Å². The van der Waals surface area contributed by atoms with Crippen molar-refractivity contribution in [2.45, 2.75) is 45.8 Å². The number of carbonyl (C=O) groups is 1. The molecule has 2 aliphatic rings. The smallest absolute Gasteiger partial charge is 0.337 e. The van der Waals surface area contributed by atoms with Crippen molar-refractivity contribution in [3.63, 3.8) is 0 Å². The average molecular weight is 528 g/mol. The summed E-state index contributed by atoms with van der Waals surface area (Å²) in [5.74, 6) is 0.647. The van der Waals surface area contributed by atoms with Crippen molar-refractivity contribution in [1.29, 1.82) is 0 Å². The summed E-state index contributed by atoms with van der Waals surface area (Å²) >= 11 is 0. The second-order valence-corrected chi connectivity index (χ2v) is 11.2. The fourth-order valence-electron chi connectivity index (χ4n) is 5.70. The van der Waals surface area contributed by atoms with Crippen LogP contribution in [0, 0.1) is 6.92 Å². The molecule has 8 nitrogen and oxygen atoms in total. The molecule has 8 heteroatoms. The van der Waals surface area contributed by atoms with E-state index in [0.29, 0.717) is 25.4 Å². The first-order chi connectivity index (χ1) is 18.7. The molecule has 4 heterocycles. The lowest BCUT2D eigenvalue weighted by molar-refractivity contribution is -0.160. The Kier molecular flexibility index (Phi) is 6.40. The molecule has 0 aliphatic carbocycles. The number of hydrogen-bond donors (Lipinski definition) is 1. The molecule has 39 heavy (non-hydrogen) atoms. The van der Waals surface area contributed by atoms with Crippen molar-refractivity contribution in [2.24, 2.45) is 0 Å². The topological polar surface area (TPSA) is 94.0 Å². The predicted molar refractivity (Wildman–Crippen MR) is 151 cm³/mol. The van der Waals surface area contributed by atoms with Gasteiger partial charge in [0, 0.05) is 47.6 Å². The number of carboxylic acids is 1. The molecule has 0 saturated carbocycles.